The van der Waals surface area contributed by atoms with Crippen LogP contribution in [0.15, 0.2) is 30.3 Å². The molecular formula is C19H28O10. The van der Waals surface area contributed by atoms with Gasteiger partial charge in [-0.3, -0.25) is 0 Å². The maximum absolute atomic E-state index is 11.0. The third kappa shape index (κ3) is 9.57. The van der Waals surface area contributed by atoms with Crippen molar-refractivity contribution in [2.75, 3.05) is 40.0 Å². The van der Waals surface area contributed by atoms with Crippen molar-refractivity contribution in [3.05, 3.63) is 35.9 Å². The maximum Gasteiger partial charge on any atom is 0.510 e. The molecule has 0 aliphatic heterocycles. The van der Waals surface area contributed by atoms with Crippen molar-refractivity contribution in [1.82, 2.24) is 0 Å². The van der Waals surface area contributed by atoms with Crippen LogP contribution in [0.25, 0.3) is 0 Å². The molecule has 0 amide bonds. The van der Waals surface area contributed by atoms with E-state index >= 15 is 0 Å². The molecule has 0 spiro atoms. The second-order valence-electron chi connectivity index (χ2n) is 5.62. The quantitative estimate of drug-likeness (QED) is 0.264. The van der Waals surface area contributed by atoms with E-state index in [0.29, 0.717) is 19.3 Å². The zero-order valence-electron chi connectivity index (χ0n) is 16.4. The summed E-state index contributed by atoms with van der Waals surface area (Å²) in [4.78, 5) is 22.1. The van der Waals surface area contributed by atoms with Gasteiger partial charge in [-0.25, -0.2) is 9.59 Å². The predicted octanol–water partition coefficient (Wildman–Crippen LogP) is 2.27. The summed E-state index contributed by atoms with van der Waals surface area (Å²) in [6.07, 6.45) is -0.595. The van der Waals surface area contributed by atoms with Crippen LogP contribution in [0.5, 0.6) is 0 Å². The highest BCUT2D eigenvalue weighted by Crippen LogP contribution is 2.31. The molecule has 0 unspecified atom stereocenters. The first kappa shape index (κ1) is 24.6. The molecule has 10 nitrogen and oxygen atoms in total. The van der Waals surface area contributed by atoms with E-state index in [9.17, 15) is 9.59 Å². The van der Waals surface area contributed by atoms with Gasteiger partial charge in [-0.1, -0.05) is 37.3 Å². The average Bonchev–Trinajstić information content (AvgIpc) is 2.73. The molecule has 2 N–H and O–H groups in total. The molecule has 1 aromatic carbocycles. The molecule has 0 aromatic heterocycles. The minimum atomic E-state index is -1.02. The van der Waals surface area contributed by atoms with Crippen LogP contribution in [-0.2, 0) is 34.2 Å². The Morgan fingerprint density at radius 3 is 1.69 bits per heavy atom. The number of ether oxygens (including phenoxy) is 6. The summed E-state index contributed by atoms with van der Waals surface area (Å²) >= 11 is 0. The summed E-state index contributed by atoms with van der Waals surface area (Å²) in [6, 6.07) is 9.38. The van der Waals surface area contributed by atoms with E-state index in [4.69, 9.17) is 29.2 Å². The molecule has 0 aliphatic rings. The van der Waals surface area contributed by atoms with Crippen molar-refractivity contribution < 1.29 is 48.2 Å². The van der Waals surface area contributed by atoms with Gasteiger partial charge in [-0.05, 0) is 0 Å². The molecule has 0 radical (unpaired) electrons. The van der Waals surface area contributed by atoms with Crippen LogP contribution < -0.4 is 0 Å². The highest BCUT2D eigenvalue weighted by Gasteiger charge is 2.32. The largest absolute Gasteiger partial charge is 0.510 e. The molecule has 0 saturated heterocycles. The molecule has 0 aliphatic carbocycles. The number of aliphatic hydroxyl groups excluding tert-OH is 2. The van der Waals surface area contributed by atoms with E-state index in [0.717, 1.165) is 5.56 Å². The molecule has 0 atom stereocenters. The molecule has 0 saturated carbocycles. The molecule has 1 rings (SSSR count). The van der Waals surface area contributed by atoms with Crippen molar-refractivity contribution in [1.29, 1.82) is 0 Å². The fourth-order valence-electron chi connectivity index (χ4n) is 2.40. The monoisotopic (exact) mass is 416 g/mol. The Balaban J connectivity index is 2.54. The SMILES string of the molecule is CCC(OCCCOC(=O)OCO)(OCCCOC(=O)OCO)c1ccccc1. The summed E-state index contributed by atoms with van der Waals surface area (Å²) < 4.78 is 30.1. The van der Waals surface area contributed by atoms with Crippen LogP contribution in [-0.4, -0.2) is 62.5 Å². The van der Waals surface area contributed by atoms with Crippen molar-refractivity contribution >= 4 is 12.3 Å². The van der Waals surface area contributed by atoms with E-state index in [1.165, 1.54) is 0 Å². The van der Waals surface area contributed by atoms with Gasteiger partial charge in [0, 0.05) is 24.8 Å². The van der Waals surface area contributed by atoms with Gasteiger partial charge < -0.3 is 38.6 Å². The van der Waals surface area contributed by atoms with Gasteiger partial charge >= 0.3 is 12.3 Å². The first-order valence-corrected chi connectivity index (χ1v) is 9.22. The highest BCUT2D eigenvalue weighted by molar-refractivity contribution is 5.59. The van der Waals surface area contributed by atoms with E-state index < -0.39 is 31.7 Å². The minimum absolute atomic E-state index is 0.0637. The van der Waals surface area contributed by atoms with E-state index in [1.54, 1.807) is 0 Å². The standard InChI is InChI=1S/C19H28O10/c1-2-19(16-8-4-3-5-9-16,28-12-6-10-24-17(22)26-14-20)29-13-7-11-25-18(23)27-15-21/h3-5,8-9,20-21H,2,6-7,10-15H2,1H3. The molecule has 10 heteroatoms. The Morgan fingerprint density at radius 2 is 1.28 bits per heavy atom. The first-order valence-electron chi connectivity index (χ1n) is 9.22. The van der Waals surface area contributed by atoms with Gasteiger partial charge in [-0.15, -0.1) is 0 Å². The van der Waals surface area contributed by atoms with E-state index in [1.807, 2.05) is 37.3 Å². The van der Waals surface area contributed by atoms with Gasteiger partial charge in [0.1, 0.15) is 0 Å². The summed E-state index contributed by atoms with van der Waals surface area (Å²) in [5, 5.41) is 16.9. The summed E-state index contributed by atoms with van der Waals surface area (Å²) in [5.74, 6) is -1.02. The number of hydrogen-bond acceptors (Lipinski definition) is 10. The van der Waals surface area contributed by atoms with Crippen molar-refractivity contribution in [3.8, 4) is 0 Å². The molecule has 164 valence electrons. The third-order valence-corrected chi connectivity index (χ3v) is 3.73. The predicted molar refractivity (Wildman–Crippen MR) is 98.6 cm³/mol. The maximum atomic E-state index is 11.0. The van der Waals surface area contributed by atoms with E-state index in [2.05, 4.69) is 9.47 Å². The normalized spacial score (nSPS) is 11.0. The second kappa shape index (κ2) is 14.6. The molecule has 0 heterocycles. The number of carbonyl (C=O) groups excluding carboxylic acids is 2. The molecule has 0 fully saturated rings. The van der Waals surface area contributed by atoms with Crippen LogP contribution >= 0.6 is 0 Å². The van der Waals surface area contributed by atoms with Gasteiger partial charge in [0.05, 0.1) is 26.4 Å². The van der Waals surface area contributed by atoms with Gasteiger partial charge in [0.15, 0.2) is 19.4 Å². The molecule has 29 heavy (non-hydrogen) atoms. The Bertz CT molecular complexity index is 550. The lowest BCUT2D eigenvalue weighted by molar-refractivity contribution is -0.250. The Kier molecular flexibility index (Phi) is 12.4. The number of hydrogen-bond donors (Lipinski definition) is 2. The van der Waals surface area contributed by atoms with Gasteiger partial charge in [0.2, 0.25) is 0 Å². The number of aliphatic hydroxyl groups is 2. The molecule has 1 aromatic rings. The lowest BCUT2D eigenvalue weighted by Crippen LogP contribution is -2.34. The third-order valence-electron chi connectivity index (χ3n) is 3.73. The summed E-state index contributed by atoms with van der Waals surface area (Å²) in [6.45, 7) is 1.05. The summed E-state index contributed by atoms with van der Waals surface area (Å²) in [7, 11) is 0. The smallest absolute Gasteiger partial charge is 0.434 e. The fraction of sp³-hybridized carbons (Fsp3) is 0.579. The zero-order chi connectivity index (χ0) is 21.4. The first-order chi connectivity index (χ1) is 14.1. The number of carbonyl (C=O) groups is 2. The lowest BCUT2D eigenvalue weighted by atomic mass is 10.0. The van der Waals surface area contributed by atoms with Crippen LogP contribution in [0.4, 0.5) is 9.59 Å². The van der Waals surface area contributed by atoms with Crippen LogP contribution in [0.2, 0.25) is 0 Å². The summed E-state index contributed by atoms with van der Waals surface area (Å²) in [5.41, 5.74) is 0.823. The molecular weight excluding hydrogens is 388 g/mol. The Morgan fingerprint density at radius 1 is 0.793 bits per heavy atom. The Labute approximate surface area is 169 Å². The zero-order valence-corrected chi connectivity index (χ0v) is 16.4. The fourth-order valence-corrected chi connectivity index (χ4v) is 2.40. The Hall–Kier alpha value is -2.40. The van der Waals surface area contributed by atoms with Crippen LogP contribution in [0.1, 0.15) is 31.7 Å². The molecule has 0 bridgehead atoms. The topological polar surface area (TPSA) is 130 Å². The van der Waals surface area contributed by atoms with Crippen molar-refractivity contribution in [3.63, 3.8) is 0 Å². The van der Waals surface area contributed by atoms with Crippen LogP contribution in [0, 0.1) is 0 Å². The van der Waals surface area contributed by atoms with Crippen molar-refractivity contribution in [2.24, 2.45) is 0 Å². The average molecular weight is 416 g/mol. The lowest BCUT2D eigenvalue weighted by Gasteiger charge is -2.33. The van der Waals surface area contributed by atoms with Gasteiger partial charge in [-0.2, -0.15) is 0 Å². The van der Waals surface area contributed by atoms with Gasteiger partial charge in [0.25, 0.3) is 0 Å². The number of benzene rings is 1. The van der Waals surface area contributed by atoms with Crippen molar-refractivity contribution in [2.45, 2.75) is 32.0 Å². The highest BCUT2D eigenvalue weighted by atomic mass is 16.8. The number of rotatable bonds is 14. The van der Waals surface area contributed by atoms with Crippen LogP contribution in [0.3, 0.4) is 0 Å². The minimum Gasteiger partial charge on any atom is -0.434 e. The van der Waals surface area contributed by atoms with E-state index in [-0.39, 0.29) is 26.4 Å². The second-order valence-corrected chi connectivity index (χ2v) is 5.62.